The summed E-state index contributed by atoms with van der Waals surface area (Å²) in [6.45, 7) is 6.57. The van der Waals surface area contributed by atoms with Gasteiger partial charge in [-0.3, -0.25) is 14.7 Å². The lowest BCUT2D eigenvalue weighted by molar-refractivity contribution is 0.0807. The third-order valence-corrected chi connectivity index (χ3v) is 5.04. The third kappa shape index (κ3) is 3.24. The van der Waals surface area contributed by atoms with Gasteiger partial charge in [0.05, 0.1) is 6.20 Å². The van der Waals surface area contributed by atoms with Crippen molar-refractivity contribution in [2.24, 2.45) is 5.92 Å². The Kier molecular flexibility index (Phi) is 4.51. The number of aromatic nitrogens is 4. The third-order valence-electron chi connectivity index (χ3n) is 5.04. The fraction of sp³-hybridized carbons (Fsp3) is 0.400. The van der Waals surface area contributed by atoms with E-state index < -0.39 is 0 Å². The molecule has 0 amide bonds. The number of hydrogen-bond acceptors (Lipinski definition) is 5. The van der Waals surface area contributed by atoms with Crippen molar-refractivity contribution in [1.29, 1.82) is 0 Å². The maximum Gasteiger partial charge on any atom is 0.185 e. The predicted octanol–water partition coefficient (Wildman–Crippen LogP) is 2.84. The van der Waals surface area contributed by atoms with E-state index in [1.807, 2.05) is 48.8 Å². The number of rotatable bonds is 4. The molecule has 1 aliphatic heterocycles. The number of carbonyl (C=O) groups is 1. The molecule has 4 heterocycles. The monoisotopic (exact) mass is 349 g/mol. The van der Waals surface area contributed by atoms with Gasteiger partial charge in [0.1, 0.15) is 5.69 Å². The Morgan fingerprint density at radius 2 is 2.19 bits per heavy atom. The van der Waals surface area contributed by atoms with Crippen LogP contribution in [-0.2, 0) is 6.54 Å². The van der Waals surface area contributed by atoms with Crippen LogP contribution in [0.25, 0.3) is 5.65 Å². The van der Waals surface area contributed by atoms with E-state index in [2.05, 4.69) is 20.0 Å². The van der Waals surface area contributed by atoms with E-state index in [0.29, 0.717) is 5.69 Å². The smallest absolute Gasteiger partial charge is 0.185 e. The Morgan fingerprint density at radius 3 is 3.00 bits per heavy atom. The van der Waals surface area contributed by atoms with Crippen LogP contribution in [0.5, 0.6) is 0 Å². The summed E-state index contributed by atoms with van der Waals surface area (Å²) in [5.41, 5.74) is 4.69. The zero-order valence-corrected chi connectivity index (χ0v) is 15.2. The molecule has 6 nitrogen and oxygen atoms in total. The highest BCUT2D eigenvalue weighted by Gasteiger charge is 2.27. The molecule has 1 fully saturated rings. The molecule has 0 spiro atoms. The van der Waals surface area contributed by atoms with Crippen molar-refractivity contribution >= 4 is 11.4 Å². The largest absolute Gasteiger partial charge is 0.298 e. The van der Waals surface area contributed by atoms with E-state index in [0.717, 1.165) is 55.1 Å². The lowest BCUT2D eigenvalue weighted by atomic mass is 9.91. The predicted molar refractivity (Wildman–Crippen MR) is 99.0 cm³/mol. The molecule has 0 N–H and O–H groups in total. The minimum absolute atomic E-state index is 0.0110. The quantitative estimate of drug-likeness (QED) is 0.678. The fourth-order valence-corrected chi connectivity index (χ4v) is 3.80. The zero-order chi connectivity index (χ0) is 18.1. The summed E-state index contributed by atoms with van der Waals surface area (Å²) in [7, 11) is 0. The highest BCUT2D eigenvalue weighted by atomic mass is 16.1. The van der Waals surface area contributed by atoms with Gasteiger partial charge < -0.3 is 0 Å². The molecule has 6 heteroatoms. The number of hydrogen-bond donors (Lipinski definition) is 0. The van der Waals surface area contributed by atoms with Crippen LogP contribution in [0, 0.1) is 19.8 Å². The molecule has 0 bridgehead atoms. The summed E-state index contributed by atoms with van der Waals surface area (Å²) < 4.78 is 1.89. The average molecular weight is 349 g/mol. The van der Waals surface area contributed by atoms with Gasteiger partial charge in [-0.25, -0.2) is 9.50 Å². The molecular formula is C20H23N5O. The minimum Gasteiger partial charge on any atom is -0.298 e. The summed E-state index contributed by atoms with van der Waals surface area (Å²) in [4.78, 5) is 24.0. The van der Waals surface area contributed by atoms with Crippen molar-refractivity contribution in [3.05, 3.63) is 59.3 Å². The van der Waals surface area contributed by atoms with Gasteiger partial charge in [0.2, 0.25) is 0 Å². The van der Waals surface area contributed by atoms with Crippen LogP contribution in [-0.4, -0.2) is 43.4 Å². The second kappa shape index (κ2) is 6.96. The topological polar surface area (TPSA) is 63.4 Å². The molecule has 1 saturated heterocycles. The Balaban J connectivity index is 1.52. The van der Waals surface area contributed by atoms with E-state index in [1.165, 1.54) is 0 Å². The van der Waals surface area contributed by atoms with Crippen LogP contribution in [0.1, 0.15) is 40.3 Å². The highest BCUT2D eigenvalue weighted by molar-refractivity contribution is 5.96. The van der Waals surface area contributed by atoms with Crippen LogP contribution in [0.15, 0.2) is 36.7 Å². The molecule has 3 aromatic heterocycles. The Morgan fingerprint density at radius 1 is 1.31 bits per heavy atom. The molecule has 26 heavy (non-hydrogen) atoms. The standard InChI is InChI=1S/C20H23N5O/c1-14-10-15(2)25-20(23-14)17(11-22-25)13-24-9-5-6-16(12-24)19(26)18-7-3-4-8-21-18/h3-4,7-8,10-11,16H,5-6,9,12-13H2,1-2H3/t16-/m1/s1. The maximum atomic E-state index is 12.7. The highest BCUT2D eigenvalue weighted by Crippen LogP contribution is 2.23. The molecule has 0 unspecified atom stereocenters. The Hall–Kier alpha value is -2.60. The summed E-state index contributed by atoms with van der Waals surface area (Å²) in [5.74, 6) is 0.164. The number of likely N-dealkylation sites (tertiary alicyclic amines) is 1. The van der Waals surface area contributed by atoms with Gasteiger partial charge in [-0.2, -0.15) is 5.10 Å². The molecule has 0 aliphatic carbocycles. The molecule has 0 aromatic carbocycles. The molecule has 0 radical (unpaired) electrons. The zero-order valence-electron chi connectivity index (χ0n) is 15.2. The fourth-order valence-electron chi connectivity index (χ4n) is 3.80. The summed E-state index contributed by atoms with van der Waals surface area (Å²) >= 11 is 0. The lowest BCUT2D eigenvalue weighted by Gasteiger charge is -2.31. The Labute approximate surface area is 152 Å². The molecular weight excluding hydrogens is 326 g/mol. The van der Waals surface area contributed by atoms with Gasteiger partial charge in [-0.1, -0.05) is 6.07 Å². The molecule has 0 saturated carbocycles. The SMILES string of the molecule is Cc1cc(C)n2ncc(CN3CCC[C@@H](C(=O)c4ccccn4)C3)c2n1. The van der Waals surface area contributed by atoms with Crippen LogP contribution in [0.4, 0.5) is 0 Å². The van der Waals surface area contributed by atoms with E-state index in [9.17, 15) is 4.79 Å². The molecule has 134 valence electrons. The second-order valence-electron chi connectivity index (χ2n) is 7.10. The van der Waals surface area contributed by atoms with E-state index in [-0.39, 0.29) is 11.7 Å². The molecule has 1 aliphatic rings. The van der Waals surface area contributed by atoms with Crippen molar-refractivity contribution in [1.82, 2.24) is 24.5 Å². The number of fused-ring (bicyclic) bond motifs is 1. The molecule has 4 rings (SSSR count). The van der Waals surface area contributed by atoms with Gasteiger partial charge in [0, 0.05) is 42.2 Å². The molecule has 3 aromatic rings. The van der Waals surface area contributed by atoms with Crippen LogP contribution in [0.2, 0.25) is 0 Å². The van der Waals surface area contributed by atoms with Crippen molar-refractivity contribution in [3.8, 4) is 0 Å². The van der Waals surface area contributed by atoms with Gasteiger partial charge in [0.25, 0.3) is 0 Å². The molecule has 1 atom stereocenters. The van der Waals surface area contributed by atoms with Gasteiger partial charge in [0.15, 0.2) is 11.4 Å². The average Bonchev–Trinajstić information content (AvgIpc) is 3.05. The number of piperidine rings is 1. The number of Topliss-reactive ketones (excluding diaryl/α,β-unsaturated/α-hetero) is 1. The normalized spacial score (nSPS) is 18.3. The van der Waals surface area contributed by atoms with Gasteiger partial charge >= 0.3 is 0 Å². The minimum atomic E-state index is 0.0110. The van der Waals surface area contributed by atoms with Crippen LogP contribution < -0.4 is 0 Å². The summed E-state index contributed by atoms with van der Waals surface area (Å²) in [6, 6.07) is 7.55. The van der Waals surface area contributed by atoms with Gasteiger partial charge in [-0.15, -0.1) is 0 Å². The van der Waals surface area contributed by atoms with Crippen molar-refractivity contribution < 1.29 is 4.79 Å². The maximum absolute atomic E-state index is 12.7. The van der Waals surface area contributed by atoms with E-state index in [1.54, 1.807) is 6.20 Å². The van der Waals surface area contributed by atoms with Crippen molar-refractivity contribution in [2.45, 2.75) is 33.2 Å². The number of pyridine rings is 1. The van der Waals surface area contributed by atoms with Crippen LogP contribution in [0.3, 0.4) is 0 Å². The first-order valence-electron chi connectivity index (χ1n) is 9.10. The van der Waals surface area contributed by atoms with E-state index in [4.69, 9.17) is 0 Å². The number of ketones is 1. The van der Waals surface area contributed by atoms with E-state index >= 15 is 0 Å². The Bertz CT molecular complexity index is 934. The first-order chi connectivity index (χ1) is 12.6. The number of aryl methyl sites for hydroxylation is 2. The lowest BCUT2D eigenvalue weighted by Crippen LogP contribution is -2.38. The number of nitrogens with zero attached hydrogens (tertiary/aromatic N) is 5. The van der Waals surface area contributed by atoms with Crippen molar-refractivity contribution in [2.75, 3.05) is 13.1 Å². The first-order valence-corrected chi connectivity index (χ1v) is 9.10. The second-order valence-corrected chi connectivity index (χ2v) is 7.10. The first kappa shape index (κ1) is 16.8. The summed E-state index contributed by atoms with van der Waals surface area (Å²) in [5, 5.41) is 4.48. The van der Waals surface area contributed by atoms with Crippen LogP contribution >= 0.6 is 0 Å². The van der Waals surface area contributed by atoms with Gasteiger partial charge in [-0.05, 0) is 51.4 Å². The summed E-state index contributed by atoms with van der Waals surface area (Å²) in [6.07, 6.45) is 5.53. The number of carbonyl (C=O) groups excluding carboxylic acids is 1. The van der Waals surface area contributed by atoms with Crippen molar-refractivity contribution in [3.63, 3.8) is 0 Å².